The predicted octanol–water partition coefficient (Wildman–Crippen LogP) is 0.678. The van der Waals surface area contributed by atoms with Crippen LogP contribution < -0.4 is 31.7 Å². The van der Waals surface area contributed by atoms with Gasteiger partial charge in [0.05, 0.1) is 0 Å². The summed E-state index contributed by atoms with van der Waals surface area (Å²) in [5.74, 6) is -2.35. The molecular formula is C25H36N6O6. The highest BCUT2D eigenvalue weighted by Crippen LogP contribution is 2.20. The molecular weight excluding hydrogens is 480 g/mol. The molecule has 0 heterocycles. The summed E-state index contributed by atoms with van der Waals surface area (Å²) in [5, 5.41) is 14.4. The molecule has 0 fully saturated rings. The molecule has 12 nitrogen and oxygen atoms in total. The van der Waals surface area contributed by atoms with Gasteiger partial charge in [0.2, 0.25) is 17.7 Å². The topological polar surface area (TPSA) is 189 Å². The Bertz CT molecular complexity index is 974. The van der Waals surface area contributed by atoms with Gasteiger partial charge in [-0.15, -0.1) is 6.58 Å². The van der Waals surface area contributed by atoms with Crippen LogP contribution in [0, 0.1) is 0 Å². The number of nitrogens with one attached hydrogen (secondary N) is 2. The monoisotopic (exact) mass is 516 g/mol. The summed E-state index contributed by atoms with van der Waals surface area (Å²) in [4.78, 5) is 54.6. The minimum absolute atomic E-state index is 0.0108. The van der Waals surface area contributed by atoms with Gasteiger partial charge in [0.25, 0.3) is 0 Å². The van der Waals surface area contributed by atoms with Crippen LogP contribution >= 0.6 is 0 Å². The number of ether oxygens (including phenoxy) is 1. The van der Waals surface area contributed by atoms with Crippen molar-refractivity contribution in [2.75, 3.05) is 24.6 Å². The van der Waals surface area contributed by atoms with Gasteiger partial charge in [-0.05, 0) is 49.9 Å². The van der Waals surface area contributed by atoms with E-state index >= 15 is 0 Å². The van der Waals surface area contributed by atoms with Crippen LogP contribution in [0.2, 0.25) is 0 Å². The van der Waals surface area contributed by atoms with Crippen LogP contribution in [0.25, 0.3) is 0 Å². The zero-order chi connectivity index (χ0) is 27.8. The standard InChI is InChI=1S/C25H36N6O6/c1-4-8-21(24(35)36)30-23(34)20(9-6-7-14-28-25(26)27)29-22(33)16-31(17(3)32)18-10-12-19(13-11-18)37-15-5-2/h4-5,10-13,20-21H,1-2,6-9,14-16H2,3H3,(H,29,33)(H,30,34)(H,35,36)(H4,26,27,28)/t20-,21+/m1/s1. The van der Waals surface area contributed by atoms with E-state index in [2.05, 4.69) is 28.8 Å². The van der Waals surface area contributed by atoms with Gasteiger partial charge in [-0.2, -0.15) is 0 Å². The number of carbonyl (C=O) groups is 4. The molecule has 12 heteroatoms. The van der Waals surface area contributed by atoms with E-state index in [1.165, 1.54) is 17.9 Å². The molecule has 0 spiro atoms. The Morgan fingerprint density at radius 1 is 1.08 bits per heavy atom. The molecule has 37 heavy (non-hydrogen) atoms. The Balaban J connectivity index is 2.95. The molecule has 0 bridgehead atoms. The second-order valence-corrected chi connectivity index (χ2v) is 8.05. The Hall–Kier alpha value is -4.35. The molecule has 0 aliphatic rings. The maximum absolute atomic E-state index is 12.9. The summed E-state index contributed by atoms with van der Waals surface area (Å²) in [6.45, 7) is 8.70. The number of aliphatic carboxylic acids is 1. The van der Waals surface area contributed by atoms with Crippen LogP contribution in [-0.4, -0.2) is 66.5 Å². The molecule has 1 aromatic carbocycles. The third-order valence-electron chi connectivity index (χ3n) is 5.06. The third-order valence-corrected chi connectivity index (χ3v) is 5.06. The second-order valence-electron chi connectivity index (χ2n) is 8.05. The summed E-state index contributed by atoms with van der Waals surface area (Å²) in [6.07, 6.45) is 4.19. The van der Waals surface area contributed by atoms with E-state index < -0.39 is 29.9 Å². The number of carboxylic acid groups (broad SMARTS) is 1. The largest absolute Gasteiger partial charge is 0.490 e. The first-order valence-corrected chi connectivity index (χ1v) is 11.7. The number of benzene rings is 1. The quantitative estimate of drug-likeness (QED) is 0.0864. The fourth-order valence-corrected chi connectivity index (χ4v) is 3.24. The Morgan fingerprint density at radius 2 is 1.76 bits per heavy atom. The lowest BCUT2D eigenvalue weighted by atomic mass is 10.1. The van der Waals surface area contributed by atoms with Crippen LogP contribution in [0.1, 0.15) is 32.6 Å². The highest BCUT2D eigenvalue weighted by molar-refractivity contribution is 5.98. The number of guanidine groups is 1. The van der Waals surface area contributed by atoms with Crippen molar-refractivity contribution in [1.29, 1.82) is 0 Å². The molecule has 202 valence electrons. The van der Waals surface area contributed by atoms with E-state index in [-0.39, 0.29) is 31.3 Å². The fourth-order valence-electron chi connectivity index (χ4n) is 3.24. The predicted molar refractivity (Wildman–Crippen MR) is 141 cm³/mol. The number of rotatable bonds is 17. The fraction of sp³-hybridized carbons (Fsp3) is 0.400. The molecule has 0 aromatic heterocycles. The molecule has 1 aromatic rings. The minimum atomic E-state index is -1.23. The Labute approximate surface area is 216 Å². The van der Waals surface area contributed by atoms with Crippen molar-refractivity contribution in [3.8, 4) is 5.75 Å². The van der Waals surface area contributed by atoms with Crippen molar-refractivity contribution in [2.45, 2.75) is 44.7 Å². The van der Waals surface area contributed by atoms with Crippen molar-refractivity contribution in [2.24, 2.45) is 16.5 Å². The van der Waals surface area contributed by atoms with Gasteiger partial charge in [-0.3, -0.25) is 19.4 Å². The summed E-state index contributed by atoms with van der Waals surface area (Å²) in [7, 11) is 0. The van der Waals surface area contributed by atoms with E-state index in [9.17, 15) is 24.3 Å². The van der Waals surface area contributed by atoms with Crippen molar-refractivity contribution in [1.82, 2.24) is 10.6 Å². The van der Waals surface area contributed by atoms with E-state index in [1.54, 1.807) is 30.3 Å². The number of anilines is 1. The van der Waals surface area contributed by atoms with E-state index in [0.29, 0.717) is 37.4 Å². The first-order chi connectivity index (χ1) is 17.6. The third kappa shape index (κ3) is 11.8. The summed E-state index contributed by atoms with van der Waals surface area (Å²) in [5.41, 5.74) is 11.1. The average Bonchev–Trinajstić information content (AvgIpc) is 2.84. The van der Waals surface area contributed by atoms with Crippen LogP contribution in [0.3, 0.4) is 0 Å². The lowest BCUT2D eigenvalue weighted by Crippen LogP contribution is -2.53. The zero-order valence-corrected chi connectivity index (χ0v) is 21.0. The molecule has 0 aliphatic heterocycles. The first kappa shape index (κ1) is 30.7. The van der Waals surface area contributed by atoms with Crippen LogP contribution in [0.5, 0.6) is 5.75 Å². The number of amides is 3. The van der Waals surface area contributed by atoms with Crippen molar-refractivity contribution in [3.63, 3.8) is 0 Å². The van der Waals surface area contributed by atoms with Gasteiger partial charge in [0.15, 0.2) is 5.96 Å². The van der Waals surface area contributed by atoms with Crippen LogP contribution in [0.4, 0.5) is 5.69 Å². The molecule has 2 atom stereocenters. The highest BCUT2D eigenvalue weighted by Gasteiger charge is 2.26. The van der Waals surface area contributed by atoms with E-state index in [1.807, 2.05) is 0 Å². The normalized spacial score (nSPS) is 11.8. The number of nitrogens with two attached hydrogens (primary N) is 2. The molecule has 0 saturated carbocycles. The molecule has 0 radical (unpaired) electrons. The number of hydrogen-bond donors (Lipinski definition) is 5. The first-order valence-electron chi connectivity index (χ1n) is 11.7. The van der Waals surface area contributed by atoms with E-state index in [0.717, 1.165) is 0 Å². The summed E-state index contributed by atoms with van der Waals surface area (Å²) in [6, 6.07) is 4.35. The second kappa shape index (κ2) is 16.3. The van der Waals surface area contributed by atoms with Gasteiger partial charge in [0, 0.05) is 19.2 Å². The molecule has 0 unspecified atom stereocenters. The van der Waals surface area contributed by atoms with Gasteiger partial charge >= 0.3 is 5.97 Å². The summed E-state index contributed by atoms with van der Waals surface area (Å²) >= 11 is 0. The van der Waals surface area contributed by atoms with Gasteiger partial charge < -0.3 is 36.8 Å². The zero-order valence-electron chi connectivity index (χ0n) is 21.0. The number of hydrogen-bond acceptors (Lipinski definition) is 6. The molecule has 7 N–H and O–H groups in total. The smallest absolute Gasteiger partial charge is 0.326 e. The Kier molecular flexibility index (Phi) is 13.6. The van der Waals surface area contributed by atoms with Crippen LogP contribution in [0.15, 0.2) is 54.6 Å². The van der Waals surface area contributed by atoms with Gasteiger partial charge in [0.1, 0.15) is 31.0 Å². The molecule has 3 amide bonds. The van der Waals surface area contributed by atoms with Gasteiger partial charge in [-0.25, -0.2) is 4.79 Å². The number of unbranched alkanes of at least 4 members (excludes halogenated alkanes) is 1. The lowest BCUT2D eigenvalue weighted by Gasteiger charge is -2.24. The maximum Gasteiger partial charge on any atom is 0.326 e. The highest BCUT2D eigenvalue weighted by atomic mass is 16.5. The molecule has 1 rings (SSSR count). The lowest BCUT2D eigenvalue weighted by molar-refractivity contribution is -0.142. The Morgan fingerprint density at radius 3 is 2.30 bits per heavy atom. The van der Waals surface area contributed by atoms with Gasteiger partial charge in [-0.1, -0.05) is 18.7 Å². The van der Waals surface area contributed by atoms with Crippen molar-refractivity contribution >= 4 is 35.3 Å². The summed E-state index contributed by atoms with van der Waals surface area (Å²) < 4.78 is 5.43. The molecule has 0 aliphatic carbocycles. The number of carboxylic acids is 1. The number of carbonyl (C=O) groups excluding carboxylic acids is 3. The van der Waals surface area contributed by atoms with Crippen molar-refractivity contribution < 1.29 is 29.0 Å². The maximum atomic E-state index is 12.9. The van der Waals surface area contributed by atoms with Crippen LogP contribution in [-0.2, 0) is 19.2 Å². The van der Waals surface area contributed by atoms with E-state index in [4.69, 9.17) is 16.2 Å². The minimum Gasteiger partial charge on any atom is -0.490 e. The molecule has 0 saturated heterocycles. The average molecular weight is 517 g/mol. The number of aliphatic imine (C=N–C) groups is 1. The SMILES string of the molecule is C=CCOc1ccc(N(CC(=O)N[C@H](CCCCN=C(N)N)C(=O)N[C@@H](CC=C)C(=O)O)C(C)=O)cc1. The number of nitrogens with zero attached hydrogens (tertiary/aromatic N) is 2. The van der Waals surface area contributed by atoms with Crippen molar-refractivity contribution in [3.05, 3.63) is 49.6 Å².